The summed E-state index contributed by atoms with van der Waals surface area (Å²) in [4.78, 5) is 49.0. The minimum Gasteiger partial charge on any atom is -0.331 e. The van der Waals surface area contributed by atoms with E-state index in [9.17, 15) is 19.2 Å². The van der Waals surface area contributed by atoms with Crippen LogP contribution in [0.4, 0.5) is 5.69 Å². The second kappa shape index (κ2) is 15.2. The monoisotopic (exact) mass is 473 g/mol. The molecule has 9 nitrogen and oxygen atoms in total. The third-order valence-corrected chi connectivity index (χ3v) is 6.10. The molecular formula is C25H39N5O4. The Morgan fingerprint density at radius 3 is 2.56 bits per heavy atom. The number of carbonyl (C=O) groups excluding carboxylic acids is 4. The predicted octanol–water partition coefficient (Wildman–Crippen LogP) is 2.17. The van der Waals surface area contributed by atoms with E-state index in [0.717, 1.165) is 57.3 Å². The van der Waals surface area contributed by atoms with Crippen molar-refractivity contribution in [3.63, 3.8) is 0 Å². The summed E-state index contributed by atoms with van der Waals surface area (Å²) in [6.07, 6.45) is 6.62. The van der Waals surface area contributed by atoms with Gasteiger partial charge in [0, 0.05) is 42.2 Å². The highest BCUT2D eigenvalue weighted by molar-refractivity contribution is 6.02. The van der Waals surface area contributed by atoms with E-state index in [-0.39, 0.29) is 30.2 Å². The molecule has 1 aromatic rings. The Kier molecular flexibility index (Phi) is 12.3. The lowest BCUT2D eigenvalue weighted by Gasteiger charge is -2.24. The lowest BCUT2D eigenvalue weighted by Crippen LogP contribution is -2.34. The van der Waals surface area contributed by atoms with Crippen molar-refractivity contribution in [2.24, 2.45) is 0 Å². The normalized spacial score (nSPS) is 13.5. The fraction of sp³-hybridized carbons (Fsp3) is 0.600. The van der Waals surface area contributed by atoms with Gasteiger partial charge in [0.1, 0.15) is 0 Å². The van der Waals surface area contributed by atoms with Gasteiger partial charge < -0.3 is 20.9 Å². The summed E-state index contributed by atoms with van der Waals surface area (Å²) in [5.74, 6) is -0.503. The zero-order valence-corrected chi connectivity index (χ0v) is 20.5. The van der Waals surface area contributed by atoms with Crippen LogP contribution >= 0.6 is 0 Å². The quantitative estimate of drug-likeness (QED) is 0.203. The van der Waals surface area contributed by atoms with Gasteiger partial charge in [0.25, 0.3) is 5.91 Å². The van der Waals surface area contributed by atoms with Gasteiger partial charge in [-0.3, -0.25) is 24.5 Å². The molecule has 0 aliphatic carbocycles. The van der Waals surface area contributed by atoms with Gasteiger partial charge in [-0.1, -0.05) is 18.9 Å². The molecule has 0 saturated carbocycles. The van der Waals surface area contributed by atoms with E-state index in [2.05, 4.69) is 21.3 Å². The van der Waals surface area contributed by atoms with Crippen molar-refractivity contribution in [1.82, 2.24) is 20.9 Å². The molecule has 0 spiro atoms. The molecule has 0 aromatic heterocycles. The average molecular weight is 474 g/mol. The van der Waals surface area contributed by atoms with E-state index < -0.39 is 0 Å². The van der Waals surface area contributed by atoms with Crippen molar-refractivity contribution in [1.29, 1.82) is 0 Å². The van der Waals surface area contributed by atoms with Gasteiger partial charge >= 0.3 is 0 Å². The van der Waals surface area contributed by atoms with E-state index in [0.29, 0.717) is 37.0 Å². The summed E-state index contributed by atoms with van der Waals surface area (Å²) in [6.45, 7) is 5.34. The van der Waals surface area contributed by atoms with Crippen LogP contribution in [0.3, 0.4) is 0 Å². The number of nitrogens with one attached hydrogen (secondary N) is 4. The summed E-state index contributed by atoms with van der Waals surface area (Å²) in [7, 11) is 1.96. The molecule has 1 aromatic carbocycles. The number of nitrogens with zero attached hydrogens (tertiary/aromatic N) is 1. The Balaban J connectivity index is 1.74. The molecule has 4 N–H and O–H groups in total. The lowest BCUT2D eigenvalue weighted by atomic mass is 10.1. The molecule has 0 radical (unpaired) electrons. The molecule has 1 unspecified atom stereocenters. The van der Waals surface area contributed by atoms with Crippen LogP contribution in [0.5, 0.6) is 0 Å². The van der Waals surface area contributed by atoms with Crippen molar-refractivity contribution < 1.29 is 19.2 Å². The number of fused-ring (bicyclic) bond motifs is 1. The molecule has 0 bridgehead atoms. The molecule has 1 aliphatic heterocycles. The Morgan fingerprint density at radius 1 is 1.03 bits per heavy atom. The summed E-state index contributed by atoms with van der Waals surface area (Å²) < 4.78 is 0. The first-order valence-corrected chi connectivity index (χ1v) is 12.3. The topological polar surface area (TPSA) is 120 Å². The van der Waals surface area contributed by atoms with Crippen LogP contribution in [0.25, 0.3) is 0 Å². The smallest absolute Gasteiger partial charge is 0.254 e. The number of anilines is 1. The van der Waals surface area contributed by atoms with Crippen molar-refractivity contribution in [3.05, 3.63) is 29.3 Å². The molecule has 1 atom stereocenters. The Bertz CT molecular complexity index is 830. The van der Waals surface area contributed by atoms with Crippen molar-refractivity contribution in [3.8, 4) is 0 Å². The largest absolute Gasteiger partial charge is 0.331 e. The Morgan fingerprint density at radius 2 is 1.79 bits per heavy atom. The van der Waals surface area contributed by atoms with Crippen LogP contribution in [0.2, 0.25) is 0 Å². The number of rotatable bonds is 17. The highest BCUT2D eigenvalue weighted by Crippen LogP contribution is 2.31. The Labute approximate surface area is 202 Å². The zero-order valence-electron chi connectivity index (χ0n) is 20.5. The van der Waals surface area contributed by atoms with Crippen LogP contribution in [-0.2, 0) is 20.9 Å². The molecule has 188 valence electrons. The van der Waals surface area contributed by atoms with Gasteiger partial charge in [-0.15, -0.1) is 0 Å². The predicted molar refractivity (Wildman–Crippen MR) is 132 cm³/mol. The summed E-state index contributed by atoms with van der Waals surface area (Å²) >= 11 is 0. The van der Waals surface area contributed by atoms with Crippen LogP contribution < -0.4 is 21.3 Å². The van der Waals surface area contributed by atoms with Gasteiger partial charge in [0.2, 0.25) is 18.2 Å². The van der Waals surface area contributed by atoms with Crippen molar-refractivity contribution in [2.45, 2.75) is 70.9 Å². The van der Waals surface area contributed by atoms with Gasteiger partial charge in [-0.05, 0) is 71.4 Å². The fourth-order valence-electron chi connectivity index (χ4n) is 4.08. The Hall–Kier alpha value is -2.78. The second-order valence-electron chi connectivity index (χ2n) is 8.76. The summed E-state index contributed by atoms with van der Waals surface area (Å²) in [5, 5.41) is 11.7. The van der Waals surface area contributed by atoms with Gasteiger partial charge in [-0.25, -0.2) is 0 Å². The minimum absolute atomic E-state index is 0.0388. The van der Waals surface area contributed by atoms with E-state index in [1.54, 1.807) is 17.0 Å². The van der Waals surface area contributed by atoms with E-state index in [1.165, 1.54) is 0 Å². The van der Waals surface area contributed by atoms with Crippen LogP contribution in [0.15, 0.2) is 18.2 Å². The zero-order chi connectivity index (χ0) is 24.8. The maximum absolute atomic E-state index is 12.9. The minimum atomic E-state index is -0.361. The van der Waals surface area contributed by atoms with Gasteiger partial charge in [0.15, 0.2) is 0 Å². The molecule has 0 fully saturated rings. The van der Waals surface area contributed by atoms with Crippen LogP contribution in [-0.4, -0.2) is 61.8 Å². The van der Waals surface area contributed by atoms with Gasteiger partial charge in [-0.2, -0.15) is 0 Å². The lowest BCUT2D eigenvalue weighted by molar-refractivity contribution is -0.125. The third-order valence-electron chi connectivity index (χ3n) is 6.10. The second-order valence-corrected chi connectivity index (χ2v) is 8.76. The average Bonchev–Trinajstić information content (AvgIpc) is 3.16. The first-order valence-electron chi connectivity index (χ1n) is 12.3. The van der Waals surface area contributed by atoms with Gasteiger partial charge in [0.05, 0.1) is 0 Å². The van der Waals surface area contributed by atoms with Crippen LogP contribution in [0, 0.1) is 0 Å². The molecule has 2 rings (SSSR count). The molecule has 9 heteroatoms. The number of hydrogen-bond donors (Lipinski definition) is 4. The fourth-order valence-corrected chi connectivity index (χ4v) is 4.08. The van der Waals surface area contributed by atoms with E-state index in [1.807, 2.05) is 20.0 Å². The summed E-state index contributed by atoms with van der Waals surface area (Å²) in [6, 6.07) is 5.21. The number of benzene rings is 1. The SMILES string of the molecule is CNCCCNCCCCCCC(=O)Nc1cccc2c1CN(C(C)CCC(=O)NC=O)C2=O. The van der Waals surface area contributed by atoms with E-state index in [4.69, 9.17) is 0 Å². The van der Waals surface area contributed by atoms with E-state index >= 15 is 0 Å². The number of amides is 4. The molecule has 4 amide bonds. The molecule has 0 saturated heterocycles. The number of hydrogen-bond acceptors (Lipinski definition) is 6. The molecule has 1 aliphatic rings. The molecule has 34 heavy (non-hydrogen) atoms. The maximum atomic E-state index is 12.9. The number of carbonyl (C=O) groups is 4. The standard InChI is InChI=1S/C25H39N5O4/c1-19(12-13-23(32)28-18-31)30-17-21-20(25(30)34)9-7-10-22(21)29-24(33)11-5-3-4-6-15-27-16-8-14-26-2/h7,9-10,18-19,26-27H,3-6,8,11-17H2,1-2H3,(H,29,33)(H,28,31,32). The number of imide groups is 1. The highest BCUT2D eigenvalue weighted by atomic mass is 16.2. The number of unbranched alkanes of at least 4 members (excludes halogenated alkanes) is 3. The van der Waals surface area contributed by atoms with Crippen LogP contribution in [0.1, 0.15) is 74.2 Å². The molecular weight excluding hydrogens is 434 g/mol. The summed E-state index contributed by atoms with van der Waals surface area (Å²) in [5.41, 5.74) is 2.08. The maximum Gasteiger partial charge on any atom is 0.254 e. The highest BCUT2D eigenvalue weighted by Gasteiger charge is 2.32. The first kappa shape index (κ1) is 27.5. The van der Waals surface area contributed by atoms with Crippen molar-refractivity contribution >= 4 is 29.8 Å². The molecule has 1 heterocycles. The first-order chi connectivity index (χ1) is 16.5. The van der Waals surface area contributed by atoms with Crippen molar-refractivity contribution in [2.75, 3.05) is 32.0 Å². The third kappa shape index (κ3) is 8.87.